The quantitative estimate of drug-likeness (QED) is 0.801. The molecule has 2 N–H and O–H groups in total. The smallest absolute Gasteiger partial charge is 0.238 e. The van der Waals surface area contributed by atoms with Crippen molar-refractivity contribution in [2.75, 3.05) is 25.5 Å². The highest BCUT2D eigenvalue weighted by Crippen LogP contribution is 2.26. The van der Waals surface area contributed by atoms with Crippen molar-refractivity contribution < 1.29 is 4.79 Å². The van der Waals surface area contributed by atoms with Crippen LogP contribution >= 0.6 is 15.9 Å². The van der Waals surface area contributed by atoms with E-state index in [1.807, 2.05) is 24.3 Å². The first-order valence-electron chi connectivity index (χ1n) is 7.04. The molecule has 0 aliphatic heterocycles. The summed E-state index contributed by atoms with van der Waals surface area (Å²) in [6.07, 6.45) is 2.62. The molecular formula is C15H22BrN3O. The maximum Gasteiger partial charge on any atom is 0.238 e. The first kappa shape index (κ1) is 15.5. The molecular weight excluding hydrogens is 318 g/mol. The highest BCUT2D eigenvalue weighted by atomic mass is 79.9. The maximum atomic E-state index is 11.8. The number of hydrogen-bond donors (Lipinski definition) is 2. The zero-order valence-corrected chi connectivity index (χ0v) is 13.6. The number of likely N-dealkylation sites (N-methyl/N-ethyl adjacent to an activating group) is 1. The van der Waals surface area contributed by atoms with Gasteiger partial charge in [0.25, 0.3) is 0 Å². The Labute approximate surface area is 129 Å². The number of hydrogen-bond acceptors (Lipinski definition) is 3. The lowest BCUT2D eigenvalue weighted by atomic mass is 10.3. The van der Waals surface area contributed by atoms with Gasteiger partial charge in [0.05, 0.1) is 6.54 Å². The monoisotopic (exact) mass is 339 g/mol. The Morgan fingerprint density at radius 3 is 2.65 bits per heavy atom. The zero-order valence-electron chi connectivity index (χ0n) is 12.0. The summed E-state index contributed by atoms with van der Waals surface area (Å²) in [4.78, 5) is 14.2. The lowest BCUT2D eigenvalue weighted by Gasteiger charge is -2.24. The normalized spacial score (nSPS) is 16.2. The van der Waals surface area contributed by atoms with Crippen LogP contribution < -0.4 is 10.6 Å². The van der Waals surface area contributed by atoms with Gasteiger partial charge in [0.2, 0.25) is 5.91 Å². The Morgan fingerprint density at radius 2 is 2.05 bits per heavy atom. The zero-order chi connectivity index (χ0) is 14.5. The minimum absolute atomic E-state index is 0.00593. The van der Waals surface area contributed by atoms with Crippen molar-refractivity contribution in [3.05, 3.63) is 28.7 Å². The molecule has 2 rings (SSSR count). The third kappa shape index (κ3) is 4.89. The molecule has 1 amide bonds. The first-order chi connectivity index (χ1) is 9.56. The van der Waals surface area contributed by atoms with Gasteiger partial charge in [-0.15, -0.1) is 0 Å². The molecule has 1 aliphatic carbocycles. The van der Waals surface area contributed by atoms with E-state index in [2.05, 4.69) is 45.4 Å². The number of halogens is 1. The van der Waals surface area contributed by atoms with Gasteiger partial charge >= 0.3 is 0 Å². The van der Waals surface area contributed by atoms with Crippen LogP contribution in [0, 0.1) is 0 Å². The average Bonchev–Trinajstić information content (AvgIpc) is 3.25. The topological polar surface area (TPSA) is 44.4 Å². The summed E-state index contributed by atoms with van der Waals surface area (Å²) >= 11 is 3.37. The molecule has 0 spiro atoms. The third-order valence-corrected chi connectivity index (χ3v) is 4.20. The summed E-state index contributed by atoms with van der Waals surface area (Å²) in [6, 6.07) is 8.80. The fourth-order valence-electron chi connectivity index (χ4n) is 2.12. The average molecular weight is 340 g/mol. The van der Waals surface area contributed by atoms with Crippen LogP contribution in [-0.4, -0.2) is 43.0 Å². The molecule has 5 heteroatoms. The molecule has 1 aromatic rings. The summed E-state index contributed by atoms with van der Waals surface area (Å²) in [6.45, 7) is 3.37. The summed E-state index contributed by atoms with van der Waals surface area (Å²) < 4.78 is 1.01. The second-order valence-corrected chi connectivity index (χ2v) is 6.35. The van der Waals surface area contributed by atoms with E-state index in [1.54, 1.807) is 0 Å². The Kier molecular flexibility index (Phi) is 5.57. The molecule has 4 nitrogen and oxygen atoms in total. The van der Waals surface area contributed by atoms with Crippen molar-refractivity contribution in [2.45, 2.75) is 31.8 Å². The second kappa shape index (κ2) is 7.20. The van der Waals surface area contributed by atoms with Crippen LogP contribution in [0.5, 0.6) is 0 Å². The van der Waals surface area contributed by atoms with Gasteiger partial charge in [-0.05, 0) is 51.1 Å². The van der Waals surface area contributed by atoms with Gasteiger partial charge < -0.3 is 10.6 Å². The van der Waals surface area contributed by atoms with Gasteiger partial charge in [-0.3, -0.25) is 9.69 Å². The molecule has 0 saturated heterocycles. The van der Waals surface area contributed by atoms with Crippen LogP contribution in [0.25, 0.3) is 0 Å². The summed E-state index contributed by atoms with van der Waals surface area (Å²) in [5.41, 5.74) is 0.822. The highest BCUT2D eigenvalue weighted by molar-refractivity contribution is 9.10. The summed E-state index contributed by atoms with van der Waals surface area (Å²) in [5.74, 6) is -0.00593. The van der Waals surface area contributed by atoms with E-state index in [1.165, 1.54) is 12.8 Å². The van der Waals surface area contributed by atoms with Crippen LogP contribution in [0.4, 0.5) is 5.69 Å². The van der Waals surface area contributed by atoms with Crippen LogP contribution in [0.1, 0.15) is 19.8 Å². The standard InChI is InChI=1S/C15H22BrN3O/c1-11(19(2)14-7-8-14)9-17-10-15(20)18-13-5-3-12(16)4-6-13/h3-6,11,14,17H,7-10H2,1-2H3,(H,18,20). The molecule has 0 radical (unpaired) electrons. The Hall–Kier alpha value is -0.910. The fraction of sp³-hybridized carbons (Fsp3) is 0.533. The van der Waals surface area contributed by atoms with E-state index in [9.17, 15) is 4.79 Å². The van der Waals surface area contributed by atoms with E-state index in [0.29, 0.717) is 12.6 Å². The molecule has 1 atom stereocenters. The summed E-state index contributed by atoms with van der Waals surface area (Å²) in [5, 5.41) is 6.09. The molecule has 0 aromatic heterocycles. The molecule has 1 aromatic carbocycles. The van der Waals surface area contributed by atoms with Crippen LogP contribution in [-0.2, 0) is 4.79 Å². The number of nitrogens with zero attached hydrogens (tertiary/aromatic N) is 1. The van der Waals surface area contributed by atoms with E-state index >= 15 is 0 Å². The van der Waals surface area contributed by atoms with Gasteiger partial charge in [-0.25, -0.2) is 0 Å². The maximum absolute atomic E-state index is 11.8. The molecule has 1 saturated carbocycles. The number of rotatable bonds is 7. The van der Waals surface area contributed by atoms with Gasteiger partial charge in [-0.2, -0.15) is 0 Å². The molecule has 0 bridgehead atoms. The molecule has 1 unspecified atom stereocenters. The van der Waals surface area contributed by atoms with E-state index in [-0.39, 0.29) is 5.91 Å². The number of carbonyl (C=O) groups is 1. The van der Waals surface area contributed by atoms with Crippen LogP contribution in [0.15, 0.2) is 28.7 Å². The summed E-state index contributed by atoms with van der Waals surface area (Å²) in [7, 11) is 2.16. The van der Waals surface area contributed by atoms with Crippen molar-refractivity contribution in [1.29, 1.82) is 0 Å². The number of nitrogens with one attached hydrogen (secondary N) is 2. The van der Waals surface area contributed by atoms with Crippen molar-refractivity contribution in [2.24, 2.45) is 0 Å². The second-order valence-electron chi connectivity index (χ2n) is 5.43. The SMILES string of the molecule is CC(CNCC(=O)Nc1ccc(Br)cc1)N(C)C1CC1. The van der Waals surface area contributed by atoms with Gasteiger partial charge in [0.15, 0.2) is 0 Å². The fourth-order valence-corrected chi connectivity index (χ4v) is 2.38. The lowest BCUT2D eigenvalue weighted by molar-refractivity contribution is -0.115. The first-order valence-corrected chi connectivity index (χ1v) is 7.83. The van der Waals surface area contributed by atoms with Crippen molar-refractivity contribution in [3.63, 3.8) is 0 Å². The van der Waals surface area contributed by atoms with Gasteiger partial charge in [0, 0.05) is 28.8 Å². The van der Waals surface area contributed by atoms with E-state index < -0.39 is 0 Å². The van der Waals surface area contributed by atoms with Gasteiger partial charge in [-0.1, -0.05) is 15.9 Å². The largest absolute Gasteiger partial charge is 0.325 e. The Bertz CT molecular complexity index is 445. The van der Waals surface area contributed by atoms with Gasteiger partial charge in [0.1, 0.15) is 0 Å². The number of carbonyl (C=O) groups excluding carboxylic acids is 1. The minimum Gasteiger partial charge on any atom is -0.325 e. The number of amides is 1. The lowest BCUT2D eigenvalue weighted by Crippen LogP contribution is -2.41. The molecule has 0 heterocycles. The third-order valence-electron chi connectivity index (χ3n) is 3.67. The predicted octanol–water partition coefficient (Wildman–Crippen LogP) is 2.46. The number of benzene rings is 1. The predicted molar refractivity (Wildman–Crippen MR) is 85.9 cm³/mol. The van der Waals surface area contributed by atoms with Crippen molar-refractivity contribution >= 4 is 27.5 Å². The van der Waals surface area contributed by atoms with E-state index in [0.717, 1.165) is 22.7 Å². The molecule has 1 aliphatic rings. The number of anilines is 1. The highest BCUT2D eigenvalue weighted by Gasteiger charge is 2.28. The minimum atomic E-state index is -0.00593. The molecule has 1 fully saturated rings. The van der Waals surface area contributed by atoms with Crippen LogP contribution in [0.3, 0.4) is 0 Å². The van der Waals surface area contributed by atoms with Crippen LogP contribution in [0.2, 0.25) is 0 Å². The van der Waals surface area contributed by atoms with E-state index in [4.69, 9.17) is 0 Å². The van der Waals surface area contributed by atoms with Crippen molar-refractivity contribution in [3.8, 4) is 0 Å². The Balaban J connectivity index is 1.65. The van der Waals surface area contributed by atoms with Crippen molar-refractivity contribution in [1.82, 2.24) is 10.2 Å². The molecule has 110 valence electrons. The Morgan fingerprint density at radius 1 is 1.40 bits per heavy atom. The molecule has 20 heavy (non-hydrogen) atoms.